The first-order chi connectivity index (χ1) is 15.8. The predicted octanol–water partition coefficient (Wildman–Crippen LogP) is 2.18. The van der Waals surface area contributed by atoms with Gasteiger partial charge in [-0.2, -0.15) is 0 Å². The Morgan fingerprint density at radius 2 is 1.55 bits per heavy atom. The Labute approximate surface area is 191 Å². The van der Waals surface area contributed by atoms with E-state index in [4.69, 9.17) is 14.2 Å². The molecule has 2 aromatic rings. The van der Waals surface area contributed by atoms with E-state index in [9.17, 15) is 19.2 Å². The standard InChI is InChI=1S/C24H26N2O7/c1-14(2)21(26-22(28)16-7-5-6-8-17(16)23(26)29)24(30)33-13-20(27)25-12-15-9-10-18(31-3)19(11-15)32-4/h5-11,14,21H,12-13H2,1-4H3,(H,25,27)/t21-/m0/s1. The first kappa shape index (κ1) is 23.8. The summed E-state index contributed by atoms with van der Waals surface area (Å²) in [4.78, 5) is 51.4. The van der Waals surface area contributed by atoms with Gasteiger partial charge in [-0.1, -0.05) is 32.0 Å². The van der Waals surface area contributed by atoms with E-state index >= 15 is 0 Å². The second-order valence-corrected chi connectivity index (χ2v) is 7.79. The number of methoxy groups -OCH3 is 2. The molecule has 0 unspecified atom stereocenters. The average Bonchev–Trinajstić information content (AvgIpc) is 3.06. The van der Waals surface area contributed by atoms with Crippen LogP contribution in [0.1, 0.15) is 40.1 Å². The van der Waals surface area contributed by atoms with Gasteiger partial charge >= 0.3 is 5.97 Å². The molecule has 1 aliphatic heterocycles. The number of hydrogen-bond acceptors (Lipinski definition) is 7. The van der Waals surface area contributed by atoms with Gasteiger partial charge in [0.25, 0.3) is 17.7 Å². The third kappa shape index (κ3) is 4.97. The molecule has 1 atom stereocenters. The van der Waals surface area contributed by atoms with E-state index in [0.29, 0.717) is 11.5 Å². The highest BCUT2D eigenvalue weighted by Gasteiger charge is 2.44. The van der Waals surface area contributed by atoms with Gasteiger partial charge in [-0.15, -0.1) is 0 Å². The Morgan fingerprint density at radius 1 is 0.939 bits per heavy atom. The number of imide groups is 1. The fraction of sp³-hybridized carbons (Fsp3) is 0.333. The van der Waals surface area contributed by atoms with Crippen LogP contribution in [-0.4, -0.2) is 55.5 Å². The van der Waals surface area contributed by atoms with Gasteiger partial charge in [0.05, 0.1) is 25.3 Å². The molecule has 1 heterocycles. The van der Waals surface area contributed by atoms with Crippen LogP contribution in [0.2, 0.25) is 0 Å². The molecule has 1 aliphatic rings. The number of hydrogen-bond donors (Lipinski definition) is 1. The SMILES string of the molecule is COc1ccc(CNC(=O)COC(=O)[C@H](C(C)C)N2C(=O)c3ccccc3C2=O)cc1OC. The van der Waals surface area contributed by atoms with Crippen molar-refractivity contribution in [3.8, 4) is 11.5 Å². The molecular weight excluding hydrogens is 428 g/mol. The molecule has 9 heteroatoms. The van der Waals surface area contributed by atoms with Crippen molar-refractivity contribution in [1.82, 2.24) is 10.2 Å². The van der Waals surface area contributed by atoms with Crippen molar-refractivity contribution in [3.63, 3.8) is 0 Å². The molecule has 33 heavy (non-hydrogen) atoms. The number of rotatable bonds is 9. The second kappa shape index (κ2) is 10.2. The predicted molar refractivity (Wildman–Crippen MR) is 118 cm³/mol. The fourth-order valence-corrected chi connectivity index (χ4v) is 3.60. The lowest BCUT2D eigenvalue weighted by Crippen LogP contribution is -2.49. The summed E-state index contributed by atoms with van der Waals surface area (Å²) in [6.07, 6.45) is 0. The minimum Gasteiger partial charge on any atom is -0.493 e. The van der Waals surface area contributed by atoms with E-state index in [2.05, 4.69) is 5.32 Å². The highest BCUT2D eigenvalue weighted by Crippen LogP contribution is 2.28. The van der Waals surface area contributed by atoms with Crippen LogP contribution in [0.5, 0.6) is 11.5 Å². The number of benzene rings is 2. The third-order valence-electron chi connectivity index (χ3n) is 5.26. The summed E-state index contributed by atoms with van der Waals surface area (Å²) in [5.74, 6) is -1.77. The summed E-state index contributed by atoms with van der Waals surface area (Å²) in [5, 5.41) is 2.65. The van der Waals surface area contributed by atoms with Crippen molar-refractivity contribution in [3.05, 3.63) is 59.2 Å². The Kier molecular flexibility index (Phi) is 7.32. The molecule has 0 aromatic heterocycles. The Bertz CT molecular complexity index is 1050. The van der Waals surface area contributed by atoms with Gasteiger partial charge in [-0.25, -0.2) is 4.79 Å². The van der Waals surface area contributed by atoms with Gasteiger partial charge < -0.3 is 19.5 Å². The highest BCUT2D eigenvalue weighted by atomic mass is 16.5. The highest BCUT2D eigenvalue weighted by molar-refractivity contribution is 6.22. The zero-order valence-corrected chi connectivity index (χ0v) is 18.9. The summed E-state index contributed by atoms with van der Waals surface area (Å²) in [6.45, 7) is 3.04. The lowest BCUT2D eigenvalue weighted by atomic mass is 10.0. The summed E-state index contributed by atoms with van der Waals surface area (Å²) in [5.41, 5.74) is 1.25. The van der Waals surface area contributed by atoms with Crippen molar-refractivity contribution in [2.24, 2.45) is 5.92 Å². The lowest BCUT2D eigenvalue weighted by Gasteiger charge is -2.27. The van der Waals surface area contributed by atoms with Crippen LogP contribution in [0.25, 0.3) is 0 Å². The molecule has 174 valence electrons. The van der Waals surface area contributed by atoms with Crippen LogP contribution >= 0.6 is 0 Å². The zero-order chi connectivity index (χ0) is 24.1. The van der Waals surface area contributed by atoms with Crippen LogP contribution in [0.4, 0.5) is 0 Å². The minimum absolute atomic E-state index is 0.183. The molecule has 3 amide bonds. The van der Waals surface area contributed by atoms with Gasteiger partial charge in [0, 0.05) is 6.54 Å². The largest absolute Gasteiger partial charge is 0.493 e. The van der Waals surface area contributed by atoms with Crippen molar-refractivity contribution in [1.29, 1.82) is 0 Å². The topological polar surface area (TPSA) is 111 Å². The fourth-order valence-electron chi connectivity index (χ4n) is 3.60. The van der Waals surface area contributed by atoms with Crippen molar-refractivity contribution >= 4 is 23.7 Å². The summed E-state index contributed by atoms with van der Waals surface area (Å²) in [6, 6.07) is 10.5. The molecule has 3 rings (SSSR count). The molecule has 0 saturated heterocycles. The molecule has 9 nitrogen and oxygen atoms in total. The van der Waals surface area contributed by atoms with Gasteiger partial charge in [0.15, 0.2) is 18.1 Å². The molecule has 1 N–H and O–H groups in total. The Hall–Kier alpha value is -3.88. The molecule has 0 spiro atoms. The smallest absolute Gasteiger partial charge is 0.330 e. The maximum atomic E-state index is 12.8. The van der Waals surface area contributed by atoms with Crippen LogP contribution in [0.15, 0.2) is 42.5 Å². The van der Waals surface area contributed by atoms with E-state index in [1.54, 1.807) is 56.3 Å². The van der Waals surface area contributed by atoms with Gasteiger partial charge in [0.1, 0.15) is 6.04 Å². The number of amides is 3. The first-order valence-corrected chi connectivity index (χ1v) is 10.4. The quantitative estimate of drug-likeness (QED) is 0.457. The summed E-state index contributed by atoms with van der Waals surface area (Å²) < 4.78 is 15.6. The Balaban J connectivity index is 1.60. The number of esters is 1. The lowest BCUT2D eigenvalue weighted by molar-refractivity contribution is -0.153. The molecule has 0 saturated carbocycles. The number of ether oxygens (including phenoxy) is 3. The zero-order valence-electron chi connectivity index (χ0n) is 18.9. The van der Waals surface area contributed by atoms with E-state index in [-0.39, 0.29) is 17.7 Å². The van der Waals surface area contributed by atoms with Gasteiger partial charge in [-0.05, 0) is 35.7 Å². The maximum absolute atomic E-state index is 12.8. The van der Waals surface area contributed by atoms with Gasteiger partial charge in [-0.3, -0.25) is 19.3 Å². The van der Waals surface area contributed by atoms with E-state index in [1.165, 1.54) is 14.2 Å². The van der Waals surface area contributed by atoms with E-state index in [1.807, 2.05) is 0 Å². The van der Waals surface area contributed by atoms with Crippen LogP contribution in [-0.2, 0) is 20.9 Å². The molecule has 0 fully saturated rings. The number of carbonyl (C=O) groups is 4. The maximum Gasteiger partial charge on any atom is 0.330 e. The average molecular weight is 454 g/mol. The van der Waals surface area contributed by atoms with Crippen LogP contribution < -0.4 is 14.8 Å². The first-order valence-electron chi connectivity index (χ1n) is 10.4. The van der Waals surface area contributed by atoms with Crippen LogP contribution in [0.3, 0.4) is 0 Å². The summed E-state index contributed by atoms with van der Waals surface area (Å²) >= 11 is 0. The number of carbonyl (C=O) groups excluding carboxylic acids is 4. The minimum atomic E-state index is -1.14. The number of fused-ring (bicyclic) bond motifs is 1. The molecule has 2 aromatic carbocycles. The van der Waals surface area contributed by atoms with Crippen molar-refractivity contribution in [2.45, 2.75) is 26.4 Å². The summed E-state index contributed by atoms with van der Waals surface area (Å²) in [7, 11) is 3.04. The number of nitrogens with zero attached hydrogens (tertiary/aromatic N) is 1. The third-order valence-corrected chi connectivity index (χ3v) is 5.26. The van der Waals surface area contributed by atoms with Crippen molar-refractivity contribution < 1.29 is 33.4 Å². The number of nitrogens with one attached hydrogen (secondary N) is 1. The van der Waals surface area contributed by atoms with Gasteiger partial charge in [0.2, 0.25) is 0 Å². The molecule has 0 aliphatic carbocycles. The van der Waals surface area contributed by atoms with Crippen molar-refractivity contribution in [2.75, 3.05) is 20.8 Å². The second-order valence-electron chi connectivity index (χ2n) is 7.79. The van der Waals surface area contributed by atoms with E-state index < -0.39 is 42.3 Å². The Morgan fingerprint density at radius 3 is 2.09 bits per heavy atom. The molecular formula is C24H26N2O7. The molecule has 0 bridgehead atoms. The van der Waals surface area contributed by atoms with Crippen LogP contribution in [0, 0.1) is 5.92 Å². The van der Waals surface area contributed by atoms with E-state index in [0.717, 1.165) is 10.5 Å². The monoisotopic (exact) mass is 454 g/mol. The molecule has 0 radical (unpaired) electrons. The normalized spacial score (nSPS) is 13.5.